The molecule has 1 aromatic carbocycles. The third kappa shape index (κ3) is 2.29. The van der Waals surface area contributed by atoms with Crippen LogP contribution in [0, 0.1) is 0 Å². The number of nitrogens with zero attached hydrogens (tertiary/aromatic N) is 2. The van der Waals surface area contributed by atoms with Crippen LogP contribution in [0.2, 0.25) is 5.02 Å². The molecule has 0 fully saturated rings. The first kappa shape index (κ1) is 11.3. The lowest BCUT2D eigenvalue weighted by molar-refractivity contribution is 0.596. The molecule has 0 radical (unpaired) electrons. The van der Waals surface area contributed by atoms with Crippen molar-refractivity contribution in [2.45, 2.75) is 5.75 Å². The Labute approximate surface area is 97.3 Å². The van der Waals surface area contributed by atoms with Crippen LogP contribution in [0.25, 0.3) is 10.9 Å². The van der Waals surface area contributed by atoms with Crippen molar-refractivity contribution in [1.29, 1.82) is 0 Å². The van der Waals surface area contributed by atoms with E-state index in [4.69, 9.17) is 16.7 Å². The molecule has 16 heavy (non-hydrogen) atoms. The lowest BCUT2D eigenvalue weighted by Crippen LogP contribution is -2.16. The molecular weight excluding hydrogens is 250 g/mol. The maximum absolute atomic E-state index is 10.9. The van der Waals surface area contributed by atoms with E-state index >= 15 is 0 Å². The van der Waals surface area contributed by atoms with E-state index in [1.54, 1.807) is 24.3 Å². The number of benzene rings is 1. The Kier molecular flexibility index (Phi) is 2.79. The summed E-state index contributed by atoms with van der Waals surface area (Å²) in [5.74, 6) is -0.413. The zero-order valence-electron chi connectivity index (χ0n) is 8.09. The fraction of sp³-hybridized carbons (Fsp3) is 0.111. The lowest BCUT2D eigenvalue weighted by Gasteiger charge is -2.03. The SMILES string of the molecule is NS(=O)(=O)Cc1nnc2ccccc2c1Cl. The summed E-state index contributed by atoms with van der Waals surface area (Å²) in [6.07, 6.45) is 0. The Balaban J connectivity index is 2.61. The van der Waals surface area contributed by atoms with E-state index in [1.807, 2.05) is 0 Å². The molecule has 84 valence electrons. The monoisotopic (exact) mass is 257 g/mol. The highest BCUT2D eigenvalue weighted by molar-refractivity contribution is 7.88. The molecule has 0 saturated heterocycles. The normalized spacial score (nSPS) is 11.9. The minimum Gasteiger partial charge on any atom is -0.228 e. The first-order valence-electron chi connectivity index (χ1n) is 4.37. The predicted octanol–water partition coefficient (Wildman–Crippen LogP) is 1.07. The van der Waals surface area contributed by atoms with Crippen LogP contribution in [0.3, 0.4) is 0 Å². The van der Waals surface area contributed by atoms with Gasteiger partial charge in [-0.15, -0.1) is 0 Å². The highest BCUT2D eigenvalue weighted by atomic mass is 35.5. The van der Waals surface area contributed by atoms with Gasteiger partial charge >= 0.3 is 0 Å². The Bertz CT molecular complexity index is 642. The second kappa shape index (κ2) is 3.97. The molecule has 0 saturated carbocycles. The molecule has 1 heterocycles. The van der Waals surface area contributed by atoms with Crippen molar-refractivity contribution in [3.63, 3.8) is 0 Å². The van der Waals surface area contributed by atoms with E-state index < -0.39 is 15.8 Å². The first-order chi connectivity index (χ1) is 7.47. The van der Waals surface area contributed by atoms with Crippen LogP contribution in [0.5, 0.6) is 0 Å². The van der Waals surface area contributed by atoms with Gasteiger partial charge in [-0.3, -0.25) is 0 Å². The van der Waals surface area contributed by atoms with Crippen LogP contribution >= 0.6 is 11.6 Å². The highest BCUT2D eigenvalue weighted by Crippen LogP contribution is 2.24. The van der Waals surface area contributed by atoms with E-state index in [0.29, 0.717) is 10.9 Å². The molecule has 0 unspecified atom stereocenters. The summed E-state index contributed by atoms with van der Waals surface area (Å²) >= 11 is 6.03. The minimum absolute atomic E-state index is 0.169. The van der Waals surface area contributed by atoms with Crippen molar-refractivity contribution >= 4 is 32.5 Å². The molecule has 2 aromatic rings. The van der Waals surface area contributed by atoms with Crippen molar-refractivity contribution in [3.8, 4) is 0 Å². The van der Waals surface area contributed by atoms with Gasteiger partial charge in [-0.25, -0.2) is 13.6 Å². The molecule has 0 aliphatic heterocycles. The van der Waals surface area contributed by atoms with Crippen molar-refractivity contribution in [2.75, 3.05) is 0 Å². The molecule has 0 bridgehead atoms. The summed E-state index contributed by atoms with van der Waals surface area (Å²) in [6.45, 7) is 0. The molecule has 1 aromatic heterocycles. The van der Waals surface area contributed by atoms with E-state index in [0.717, 1.165) is 0 Å². The van der Waals surface area contributed by atoms with Crippen LogP contribution in [-0.4, -0.2) is 18.6 Å². The first-order valence-corrected chi connectivity index (χ1v) is 6.47. The molecule has 0 aliphatic rings. The number of hydrogen-bond donors (Lipinski definition) is 1. The van der Waals surface area contributed by atoms with Gasteiger partial charge in [-0.05, 0) is 6.07 Å². The summed E-state index contributed by atoms with van der Waals surface area (Å²) in [5, 5.41) is 13.5. The summed E-state index contributed by atoms with van der Waals surface area (Å²) in [5.41, 5.74) is 0.786. The molecule has 0 atom stereocenters. The summed E-state index contributed by atoms with van der Waals surface area (Å²) in [4.78, 5) is 0. The molecule has 0 aliphatic carbocycles. The number of aromatic nitrogens is 2. The smallest absolute Gasteiger partial charge is 0.214 e. The second-order valence-electron chi connectivity index (χ2n) is 3.29. The number of rotatable bonds is 2. The largest absolute Gasteiger partial charge is 0.228 e. The Morgan fingerprint density at radius 2 is 1.94 bits per heavy atom. The quantitative estimate of drug-likeness (QED) is 0.872. The van der Waals surface area contributed by atoms with Crippen LogP contribution in [0.4, 0.5) is 0 Å². The van der Waals surface area contributed by atoms with Crippen molar-refractivity contribution in [2.24, 2.45) is 5.14 Å². The number of fused-ring (bicyclic) bond motifs is 1. The van der Waals surface area contributed by atoms with Gasteiger partial charge in [-0.2, -0.15) is 10.2 Å². The Morgan fingerprint density at radius 1 is 1.25 bits per heavy atom. The van der Waals surface area contributed by atoms with Gasteiger partial charge in [-0.1, -0.05) is 29.8 Å². The summed E-state index contributed by atoms with van der Waals surface area (Å²) < 4.78 is 21.9. The minimum atomic E-state index is -3.66. The number of primary sulfonamides is 1. The van der Waals surface area contributed by atoms with Gasteiger partial charge in [0, 0.05) is 5.39 Å². The topological polar surface area (TPSA) is 85.9 Å². The molecule has 2 N–H and O–H groups in total. The Hall–Kier alpha value is -1.24. The van der Waals surface area contributed by atoms with Crippen molar-refractivity contribution in [3.05, 3.63) is 35.0 Å². The van der Waals surface area contributed by atoms with Gasteiger partial charge in [0.25, 0.3) is 0 Å². The zero-order chi connectivity index (χ0) is 11.8. The maximum atomic E-state index is 10.9. The molecule has 0 amide bonds. The van der Waals surface area contributed by atoms with Crippen molar-refractivity contribution < 1.29 is 8.42 Å². The van der Waals surface area contributed by atoms with Gasteiger partial charge in [0.1, 0.15) is 5.75 Å². The van der Waals surface area contributed by atoms with E-state index in [2.05, 4.69) is 10.2 Å². The van der Waals surface area contributed by atoms with Gasteiger partial charge in [0.05, 0.1) is 16.2 Å². The lowest BCUT2D eigenvalue weighted by atomic mass is 10.2. The van der Waals surface area contributed by atoms with Gasteiger partial charge in [0.2, 0.25) is 10.0 Å². The predicted molar refractivity (Wildman–Crippen MR) is 61.4 cm³/mol. The fourth-order valence-corrected chi connectivity index (χ4v) is 2.27. The third-order valence-corrected chi connectivity index (χ3v) is 3.11. The van der Waals surface area contributed by atoms with E-state index in [1.165, 1.54) is 0 Å². The number of hydrogen-bond acceptors (Lipinski definition) is 4. The van der Waals surface area contributed by atoms with Gasteiger partial charge < -0.3 is 0 Å². The number of sulfonamides is 1. The average Bonchev–Trinajstić information content (AvgIpc) is 2.21. The van der Waals surface area contributed by atoms with E-state index in [-0.39, 0.29) is 10.7 Å². The van der Waals surface area contributed by atoms with E-state index in [9.17, 15) is 8.42 Å². The highest BCUT2D eigenvalue weighted by Gasteiger charge is 2.13. The molecule has 0 spiro atoms. The van der Waals surface area contributed by atoms with Crippen LogP contribution in [0.1, 0.15) is 5.69 Å². The fourth-order valence-electron chi connectivity index (χ4n) is 1.34. The Morgan fingerprint density at radius 3 is 2.62 bits per heavy atom. The van der Waals surface area contributed by atoms with Crippen LogP contribution in [0.15, 0.2) is 24.3 Å². The maximum Gasteiger partial charge on any atom is 0.214 e. The molecule has 5 nitrogen and oxygen atoms in total. The van der Waals surface area contributed by atoms with Crippen LogP contribution in [-0.2, 0) is 15.8 Å². The third-order valence-electron chi connectivity index (χ3n) is 2.01. The van der Waals surface area contributed by atoms with Crippen molar-refractivity contribution in [1.82, 2.24) is 10.2 Å². The molecular formula is C9H8ClN3O2S. The standard InChI is InChI=1S/C9H8ClN3O2S/c10-9-6-3-1-2-4-7(6)12-13-8(9)5-16(11,14)15/h1-4H,5H2,(H2,11,14,15). The zero-order valence-corrected chi connectivity index (χ0v) is 9.66. The molecule has 7 heteroatoms. The van der Waals surface area contributed by atoms with Gasteiger partial charge in [0.15, 0.2) is 0 Å². The summed E-state index contributed by atoms with van der Waals surface area (Å²) in [7, 11) is -3.66. The second-order valence-corrected chi connectivity index (χ2v) is 5.28. The number of halogens is 1. The average molecular weight is 258 g/mol. The number of nitrogens with two attached hydrogens (primary N) is 1. The van der Waals surface area contributed by atoms with Crippen LogP contribution < -0.4 is 5.14 Å². The summed E-state index contributed by atoms with van der Waals surface area (Å²) in [6, 6.07) is 7.08. The molecule has 2 rings (SSSR count).